The fourth-order valence-electron chi connectivity index (χ4n) is 2.41. The van der Waals surface area contributed by atoms with Gasteiger partial charge in [-0.3, -0.25) is 14.5 Å². The second kappa shape index (κ2) is 4.74. The van der Waals surface area contributed by atoms with Gasteiger partial charge < -0.3 is 9.84 Å². The second-order valence-corrected chi connectivity index (χ2v) is 5.22. The van der Waals surface area contributed by atoms with Gasteiger partial charge in [-0.15, -0.1) is 0 Å². The molecular weight excluding hydrogens is 222 g/mol. The number of amides is 2. The van der Waals surface area contributed by atoms with E-state index in [0.717, 1.165) is 0 Å². The lowest BCUT2D eigenvalue weighted by atomic mass is 9.91. The van der Waals surface area contributed by atoms with Crippen LogP contribution in [0.2, 0.25) is 0 Å². The molecule has 5 heteroatoms. The summed E-state index contributed by atoms with van der Waals surface area (Å²) >= 11 is 0. The lowest BCUT2D eigenvalue weighted by Crippen LogP contribution is -2.53. The van der Waals surface area contributed by atoms with E-state index >= 15 is 0 Å². The highest BCUT2D eigenvalue weighted by Gasteiger charge is 2.38. The zero-order valence-electron chi connectivity index (χ0n) is 10.1. The number of carbonyl (C=O) groups excluding carboxylic acids is 2. The third kappa shape index (κ3) is 2.84. The van der Waals surface area contributed by atoms with E-state index in [2.05, 4.69) is 0 Å². The molecule has 2 fully saturated rings. The average Bonchev–Trinajstić information content (AvgIpc) is 2.24. The molecule has 0 spiro atoms. The zero-order chi connectivity index (χ0) is 12.5. The molecule has 0 aromatic rings. The smallest absolute Gasteiger partial charge is 0.229 e. The molecule has 96 valence electrons. The Morgan fingerprint density at radius 3 is 2.35 bits per heavy atom. The number of hydrogen-bond donors (Lipinski definition) is 1. The van der Waals surface area contributed by atoms with E-state index in [1.54, 1.807) is 0 Å². The molecule has 0 aromatic heterocycles. The van der Waals surface area contributed by atoms with Gasteiger partial charge in [-0.2, -0.15) is 0 Å². The number of piperidine rings is 1. The average molecular weight is 241 g/mol. The largest absolute Gasteiger partial charge is 0.388 e. The molecule has 2 aliphatic heterocycles. The Labute approximate surface area is 101 Å². The van der Waals surface area contributed by atoms with Gasteiger partial charge in [0.05, 0.1) is 12.1 Å². The number of likely N-dealkylation sites (tertiary alicyclic amines) is 1. The van der Waals surface area contributed by atoms with Gasteiger partial charge in [0.15, 0.2) is 0 Å². The minimum atomic E-state index is -0.954. The first kappa shape index (κ1) is 12.5. The van der Waals surface area contributed by atoms with Gasteiger partial charge in [0.1, 0.15) is 0 Å². The Morgan fingerprint density at radius 1 is 1.29 bits per heavy atom. The summed E-state index contributed by atoms with van der Waals surface area (Å²) in [4.78, 5) is 24.8. The molecule has 2 rings (SSSR count). The van der Waals surface area contributed by atoms with Gasteiger partial charge in [-0.1, -0.05) is 6.92 Å². The number of nitrogens with zero attached hydrogens (tertiary/aromatic N) is 1. The SMILES string of the molecule is CC1CC(=O)N(CC2(O)CCOCC2)C(=O)C1. The normalized spacial score (nSPS) is 26.4. The zero-order valence-corrected chi connectivity index (χ0v) is 10.1. The molecule has 5 nitrogen and oxygen atoms in total. The highest BCUT2D eigenvalue weighted by Crippen LogP contribution is 2.25. The van der Waals surface area contributed by atoms with Crippen molar-refractivity contribution in [3.63, 3.8) is 0 Å². The number of rotatable bonds is 2. The predicted octanol–water partition coefficient (Wildman–Crippen LogP) is 0.313. The summed E-state index contributed by atoms with van der Waals surface area (Å²) in [7, 11) is 0. The molecule has 2 amide bonds. The molecule has 0 atom stereocenters. The van der Waals surface area contributed by atoms with Crippen LogP contribution in [0.25, 0.3) is 0 Å². The van der Waals surface area contributed by atoms with Gasteiger partial charge in [0, 0.05) is 38.9 Å². The Balaban J connectivity index is 2.01. The lowest BCUT2D eigenvalue weighted by molar-refractivity contribution is -0.157. The van der Waals surface area contributed by atoms with Gasteiger partial charge in [-0.05, 0) is 5.92 Å². The first-order chi connectivity index (χ1) is 8.00. The van der Waals surface area contributed by atoms with Crippen LogP contribution >= 0.6 is 0 Å². The Bertz CT molecular complexity index is 304. The summed E-state index contributed by atoms with van der Waals surface area (Å²) in [6.45, 7) is 3.00. The van der Waals surface area contributed by atoms with Crippen LogP contribution in [0.1, 0.15) is 32.6 Å². The van der Waals surface area contributed by atoms with Crippen LogP contribution in [0.5, 0.6) is 0 Å². The van der Waals surface area contributed by atoms with E-state index in [4.69, 9.17) is 4.74 Å². The van der Waals surface area contributed by atoms with Crippen molar-refractivity contribution in [1.82, 2.24) is 4.90 Å². The monoisotopic (exact) mass is 241 g/mol. The summed E-state index contributed by atoms with van der Waals surface area (Å²) in [5, 5.41) is 10.3. The maximum absolute atomic E-state index is 11.8. The summed E-state index contributed by atoms with van der Waals surface area (Å²) in [5.74, 6) is -0.196. The predicted molar refractivity (Wildman–Crippen MR) is 60.1 cm³/mol. The molecule has 2 saturated heterocycles. The van der Waals surface area contributed by atoms with Crippen LogP contribution in [-0.4, -0.2) is 47.2 Å². The van der Waals surface area contributed by atoms with E-state index in [0.29, 0.717) is 38.9 Å². The molecule has 0 saturated carbocycles. The molecular formula is C12H19NO4. The Kier molecular flexibility index (Phi) is 3.49. The van der Waals surface area contributed by atoms with Crippen LogP contribution < -0.4 is 0 Å². The van der Waals surface area contributed by atoms with E-state index in [1.165, 1.54) is 4.90 Å². The molecule has 0 unspecified atom stereocenters. The molecule has 1 N–H and O–H groups in total. The molecule has 2 aliphatic rings. The molecule has 0 aliphatic carbocycles. The molecule has 17 heavy (non-hydrogen) atoms. The number of ether oxygens (including phenoxy) is 1. The van der Waals surface area contributed by atoms with Crippen molar-refractivity contribution in [2.24, 2.45) is 5.92 Å². The van der Waals surface area contributed by atoms with Crippen molar-refractivity contribution < 1.29 is 19.4 Å². The summed E-state index contributed by atoms with van der Waals surface area (Å²) in [6, 6.07) is 0. The fraction of sp³-hybridized carbons (Fsp3) is 0.833. The molecule has 0 bridgehead atoms. The van der Waals surface area contributed by atoms with Gasteiger partial charge in [-0.25, -0.2) is 0 Å². The fourth-order valence-corrected chi connectivity index (χ4v) is 2.41. The van der Waals surface area contributed by atoms with Crippen molar-refractivity contribution in [3.8, 4) is 0 Å². The minimum Gasteiger partial charge on any atom is -0.388 e. The van der Waals surface area contributed by atoms with Gasteiger partial charge in [0.2, 0.25) is 11.8 Å². The third-order valence-corrected chi connectivity index (χ3v) is 3.52. The first-order valence-electron chi connectivity index (χ1n) is 6.13. The number of hydrogen-bond acceptors (Lipinski definition) is 4. The maximum atomic E-state index is 11.8. The van der Waals surface area contributed by atoms with Crippen LogP contribution in [0.15, 0.2) is 0 Å². The van der Waals surface area contributed by atoms with E-state index in [1.807, 2.05) is 6.92 Å². The summed E-state index contributed by atoms with van der Waals surface area (Å²) in [6.07, 6.45) is 1.77. The first-order valence-corrected chi connectivity index (χ1v) is 6.13. The summed E-state index contributed by atoms with van der Waals surface area (Å²) < 4.78 is 5.18. The van der Waals surface area contributed by atoms with E-state index < -0.39 is 5.60 Å². The number of carbonyl (C=O) groups is 2. The topological polar surface area (TPSA) is 66.8 Å². The van der Waals surface area contributed by atoms with Crippen molar-refractivity contribution in [1.29, 1.82) is 0 Å². The van der Waals surface area contributed by atoms with Crippen molar-refractivity contribution in [2.75, 3.05) is 19.8 Å². The van der Waals surface area contributed by atoms with Crippen LogP contribution in [-0.2, 0) is 14.3 Å². The third-order valence-electron chi connectivity index (χ3n) is 3.52. The van der Waals surface area contributed by atoms with Crippen molar-refractivity contribution in [3.05, 3.63) is 0 Å². The van der Waals surface area contributed by atoms with Gasteiger partial charge in [0.25, 0.3) is 0 Å². The summed E-state index contributed by atoms with van der Waals surface area (Å²) in [5.41, 5.74) is -0.954. The number of β-amino-alcohol motifs (C(OH)–C–C–N with tert-alkyl or cyclic N) is 1. The Hall–Kier alpha value is -0.940. The second-order valence-electron chi connectivity index (χ2n) is 5.22. The standard InChI is InChI=1S/C12H19NO4/c1-9-6-10(14)13(11(15)7-9)8-12(16)2-4-17-5-3-12/h9,16H,2-8H2,1H3. The highest BCUT2D eigenvalue weighted by molar-refractivity contribution is 5.97. The minimum absolute atomic E-state index is 0.121. The molecule has 0 aromatic carbocycles. The quantitative estimate of drug-likeness (QED) is 0.707. The lowest BCUT2D eigenvalue weighted by Gasteiger charge is -2.38. The van der Waals surface area contributed by atoms with E-state index in [-0.39, 0.29) is 24.3 Å². The maximum Gasteiger partial charge on any atom is 0.229 e. The molecule has 2 heterocycles. The highest BCUT2D eigenvalue weighted by atomic mass is 16.5. The number of imide groups is 1. The van der Waals surface area contributed by atoms with Gasteiger partial charge >= 0.3 is 0 Å². The Morgan fingerprint density at radius 2 is 1.82 bits per heavy atom. The van der Waals surface area contributed by atoms with Crippen LogP contribution in [0, 0.1) is 5.92 Å². The van der Waals surface area contributed by atoms with Crippen LogP contribution in [0.4, 0.5) is 0 Å². The van der Waals surface area contributed by atoms with Crippen molar-refractivity contribution >= 4 is 11.8 Å². The number of aliphatic hydroxyl groups is 1. The van der Waals surface area contributed by atoms with E-state index in [9.17, 15) is 14.7 Å². The van der Waals surface area contributed by atoms with Crippen LogP contribution in [0.3, 0.4) is 0 Å². The molecule has 0 radical (unpaired) electrons. The van der Waals surface area contributed by atoms with Crippen molar-refractivity contribution in [2.45, 2.75) is 38.2 Å².